The summed E-state index contributed by atoms with van der Waals surface area (Å²) in [6.45, 7) is 0. The van der Waals surface area contributed by atoms with Gasteiger partial charge in [-0.2, -0.15) is 0 Å². The third-order valence-corrected chi connectivity index (χ3v) is 2.91. The van der Waals surface area contributed by atoms with Crippen molar-refractivity contribution in [3.63, 3.8) is 0 Å². The second kappa shape index (κ2) is 7.14. The number of aromatic nitrogens is 1. The van der Waals surface area contributed by atoms with Gasteiger partial charge in [0, 0.05) is 11.9 Å². The Balaban J connectivity index is 2.32. The summed E-state index contributed by atoms with van der Waals surface area (Å²) in [7, 11) is 2.83. The summed E-state index contributed by atoms with van der Waals surface area (Å²) in [5.41, 5.74) is 2.26. The van der Waals surface area contributed by atoms with Crippen LogP contribution in [-0.2, 0) is 14.3 Å². The minimum Gasteiger partial charge on any atom is -0.502 e. The molecular formula is C17H17NO3. The molecule has 0 saturated heterocycles. The predicted molar refractivity (Wildman–Crippen MR) is 83.1 cm³/mol. The molecule has 108 valence electrons. The van der Waals surface area contributed by atoms with Crippen LogP contribution in [0.25, 0.3) is 17.8 Å². The lowest BCUT2D eigenvalue weighted by Crippen LogP contribution is -2.11. The zero-order valence-electron chi connectivity index (χ0n) is 12.0. The maximum atomic E-state index is 11.8. The number of methoxy groups -OCH3 is 2. The number of carbonyl (C=O) groups is 1. The smallest absolute Gasteiger partial charge is 0.358 e. The minimum absolute atomic E-state index is 0.317. The number of hydrogen-bond donors (Lipinski definition) is 0. The van der Waals surface area contributed by atoms with Crippen LogP contribution in [0.5, 0.6) is 0 Å². The fourth-order valence-corrected chi connectivity index (χ4v) is 1.91. The summed E-state index contributed by atoms with van der Waals surface area (Å²) < 4.78 is 11.5. The number of benzene rings is 1. The topological polar surface area (TPSA) is 40.5 Å². The van der Waals surface area contributed by atoms with Crippen molar-refractivity contribution in [2.24, 2.45) is 0 Å². The van der Waals surface area contributed by atoms with Gasteiger partial charge in [0.25, 0.3) is 0 Å². The van der Waals surface area contributed by atoms with Gasteiger partial charge in [-0.05, 0) is 23.8 Å². The Morgan fingerprint density at radius 1 is 1.05 bits per heavy atom. The number of rotatable bonds is 5. The van der Waals surface area contributed by atoms with E-state index < -0.39 is 5.97 Å². The standard InChI is InChI=1S/C17H17NO3/c1-20-13-16(17(19)21-2)18-12-6-9-15(18)11-10-14-7-4-3-5-8-14/h3-13H,1-2H3/b11-10+,16-13-. The lowest BCUT2D eigenvalue weighted by molar-refractivity contribution is -0.134. The Morgan fingerprint density at radius 3 is 2.48 bits per heavy atom. The van der Waals surface area contributed by atoms with Gasteiger partial charge in [-0.25, -0.2) is 4.79 Å². The average Bonchev–Trinajstić information content (AvgIpc) is 2.99. The molecule has 4 nitrogen and oxygen atoms in total. The first-order valence-electron chi connectivity index (χ1n) is 6.48. The third kappa shape index (κ3) is 3.63. The molecule has 0 atom stereocenters. The number of esters is 1. The first-order chi connectivity index (χ1) is 10.3. The van der Waals surface area contributed by atoms with Crippen molar-refractivity contribution in [3.05, 3.63) is 66.2 Å². The molecule has 0 radical (unpaired) electrons. The summed E-state index contributed by atoms with van der Waals surface area (Å²) in [6.07, 6.45) is 7.06. The first-order valence-corrected chi connectivity index (χ1v) is 6.48. The lowest BCUT2D eigenvalue weighted by Gasteiger charge is -2.09. The first kappa shape index (κ1) is 14.7. The predicted octanol–water partition coefficient (Wildman–Crippen LogP) is 3.28. The van der Waals surface area contributed by atoms with Gasteiger partial charge in [0.2, 0.25) is 0 Å². The Kier molecular flexibility index (Phi) is 4.99. The molecule has 0 amide bonds. The van der Waals surface area contributed by atoms with Crippen LogP contribution in [-0.4, -0.2) is 24.8 Å². The van der Waals surface area contributed by atoms with Crippen LogP contribution in [0.3, 0.4) is 0 Å². The van der Waals surface area contributed by atoms with Crippen LogP contribution >= 0.6 is 0 Å². The van der Waals surface area contributed by atoms with Gasteiger partial charge >= 0.3 is 5.97 Å². The lowest BCUT2D eigenvalue weighted by atomic mass is 10.2. The van der Waals surface area contributed by atoms with Crippen LogP contribution in [0.2, 0.25) is 0 Å². The van der Waals surface area contributed by atoms with Crippen LogP contribution in [0, 0.1) is 0 Å². The van der Waals surface area contributed by atoms with E-state index in [0.717, 1.165) is 11.3 Å². The molecule has 0 bridgehead atoms. The highest BCUT2D eigenvalue weighted by atomic mass is 16.5. The molecule has 0 aliphatic heterocycles. The molecule has 0 unspecified atom stereocenters. The van der Waals surface area contributed by atoms with Crippen LogP contribution < -0.4 is 0 Å². The van der Waals surface area contributed by atoms with E-state index in [1.165, 1.54) is 20.5 Å². The Hall–Kier alpha value is -2.75. The molecule has 4 heteroatoms. The zero-order valence-corrected chi connectivity index (χ0v) is 12.0. The van der Waals surface area contributed by atoms with Gasteiger partial charge in [-0.15, -0.1) is 0 Å². The van der Waals surface area contributed by atoms with Gasteiger partial charge in [0.05, 0.1) is 14.2 Å². The molecule has 2 rings (SSSR count). The molecule has 0 N–H and O–H groups in total. The molecular weight excluding hydrogens is 266 g/mol. The maximum absolute atomic E-state index is 11.8. The summed E-state index contributed by atoms with van der Waals surface area (Å²) in [4.78, 5) is 11.8. The van der Waals surface area contributed by atoms with Crippen molar-refractivity contribution in [1.82, 2.24) is 4.57 Å². The fourth-order valence-electron chi connectivity index (χ4n) is 1.91. The van der Waals surface area contributed by atoms with E-state index in [9.17, 15) is 4.79 Å². The third-order valence-electron chi connectivity index (χ3n) is 2.91. The number of carbonyl (C=O) groups excluding carboxylic acids is 1. The highest BCUT2D eigenvalue weighted by molar-refractivity contribution is 6.10. The van der Waals surface area contributed by atoms with E-state index in [2.05, 4.69) is 0 Å². The van der Waals surface area contributed by atoms with Crippen molar-refractivity contribution in [1.29, 1.82) is 0 Å². The van der Waals surface area contributed by atoms with Crippen molar-refractivity contribution < 1.29 is 14.3 Å². The molecule has 2 aromatic rings. The highest BCUT2D eigenvalue weighted by Crippen LogP contribution is 2.15. The van der Waals surface area contributed by atoms with E-state index >= 15 is 0 Å². The molecule has 0 aliphatic rings. The zero-order chi connectivity index (χ0) is 15.1. The minimum atomic E-state index is -0.456. The normalized spacial score (nSPS) is 11.6. The number of ether oxygens (including phenoxy) is 2. The summed E-state index contributed by atoms with van der Waals surface area (Å²) >= 11 is 0. The second-order valence-corrected chi connectivity index (χ2v) is 4.28. The number of nitrogens with zero attached hydrogens (tertiary/aromatic N) is 1. The summed E-state index contributed by atoms with van der Waals surface area (Å²) in [5, 5.41) is 0. The fraction of sp³-hybridized carbons (Fsp3) is 0.118. The van der Waals surface area contributed by atoms with Crippen molar-refractivity contribution in [3.8, 4) is 0 Å². The second-order valence-electron chi connectivity index (χ2n) is 4.28. The molecule has 0 fully saturated rings. The van der Waals surface area contributed by atoms with E-state index in [0.29, 0.717) is 5.70 Å². The molecule has 0 spiro atoms. The van der Waals surface area contributed by atoms with Gasteiger partial charge in [-0.1, -0.05) is 36.4 Å². The van der Waals surface area contributed by atoms with E-state index in [1.807, 2.05) is 54.6 Å². The maximum Gasteiger partial charge on any atom is 0.358 e. The molecule has 21 heavy (non-hydrogen) atoms. The van der Waals surface area contributed by atoms with Gasteiger partial charge < -0.3 is 14.0 Å². The van der Waals surface area contributed by atoms with Gasteiger partial charge in [0.1, 0.15) is 6.26 Å². The Morgan fingerprint density at radius 2 is 1.81 bits per heavy atom. The largest absolute Gasteiger partial charge is 0.502 e. The quantitative estimate of drug-likeness (QED) is 0.480. The molecule has 1 aromatic heterocycles. The van der Waals surface area contributed by atoms with E-state index in [-0.39, 0.29) is 0 Å². The summed E-state index contributed by atoms with van der Waals surface area (Å²) in [6, 6.07) is 13.7. The van der Waals surface area contributed by atoms with Crippen molar-refractivity contribution >= 4 is 23.8 Å². The monoisotopic (exact) mass is 283 g/mol. The molecule has 0 aliphatic carbocycles. The van der Waals surface area contributed by atoms with Crippen LogP contribution in [0.4, 0.5) is 0 Å². The van der Waals surface area contributed by atoms with Gasteiger partial charge in [0.15, 0.2) is 5.70 Å². The van der Waals surface area contributed by atoms with Gasteiger partial charge in [-0.3, -0.25) is 0 Å². The van der Waals surface area contributed by atoms with E-state index in [4.69, 9.17) is 9.47 Å². The Bertz CT molecular complexity index is 654. The summed E-state index contributed by atoms with van der Waals surface area (Å²) in [5.74, 6) is -0.456. The molecule has 0 saturated carbocycles. The van der Waals surface area contributed by atoms with Crippen molar-refractivity contribution in [2.75, 3.05) is 14.2 Å². The number of hydrogen-bond acceptors (Lipinski definition) is 3. The Labute approximate surface area is 123 Å². The highest BCUT2D eigenvalue weighted by Gasteiger charge is 2.14. The molecule has 1 aromatic carbocycles. The SMILES string of the molecule is CO/C=C(/C(=O)OC)n1cccc1/C=C/c1ccccc1. The van der Waals surface area contributed by atoms with Crippen LogP contribution in [0.15, 0.2) is 54.9 Å². The average molecular weight is 283 g/mol. The van der Waals surface area contributed by atoms with Crippen molar-refractivity contribution in [2.45, 2.75) is 0 Å². The molecule has 1 heterocycles. The van der Waals surface area contributed by atoms with Crippen LogP contribution in [0.1, 0.15) is 11.3 Å². The van der Waals surface area contributed by atoms with E-state index in [1.54, 1.807) is 10.8 Å².